The summed E-state index contributed by atoms with van der Waals surface area (Å²) >= 11 is 0. The number of aliphatic imine (C=N–C) groups is 2. The molecule has 84 valence electrons. The smallest absolute Gasteiger partial charge is 0.0894 e. The maximum atomic E-state index is 4.29. The van der Waals surface area contributed by atoms with Crippen molar-refractivity contribution in [2.75, 3.05) is 14.1 Å². The van der Waals surface area contributed by atoms with Gasteiger partial charge in [-0.05, 0) is 24.1 Å². The summed E-state index contributed by atoms with van der Waals surface area (Å²) in [4.78, 5) is 8.47. The molecule has 0 saturated carbocycles. The number of hydrogen-bond acceptors (Lipinski definition) is 2. The van der Waals surface area contributed by atoms with E-state index in [4.69, 9.17) is 0 Å². The van der Waals surface area contributed by atoms with Gasteiger partial charge >= 0.3 is 0 Å². The molecule has 0 aromatic heterocycles. The maximum absolute atomic E-state index is 4.29. The molecule has 16 heavy (non-hydrogen) atoms. The minimum atomic E-state index is 0.829. The molecule has 0 saturated heterocycles. The molecular weight excluding hydrogens is 196 g/mol. The highest BCUT2D eigenvalue weighted by Gasteiger charge is 2.07. The van der Waals surface area contributed by atoms with Gasteiger partial charge in [0, 0.05) is 19.7 Å². The van der Waals surface area contributed by atoms with E-state index in [0.29, 0.717) is 0 Å². The zero-order valence-corrected chi connectivity index (χ0v) is 10.2. The summed E-state index contributed by atoms with van der Waals surface area (Å²) < 4.78 is 0. The van der Waals surface area contributed by atoms with Crippen LogP contribution in [0.5, 0.6) is 0 Å². The average molecular weight is 214 g/mol. The van der Waals surface area contributed by atoms with Crippen molar-refractivity contribution in [1.29, 1.82) is 0 Å². The Morgan fingerprint density at radius 1 is 1.31 bits per heavy atom. The van der Waals surface area contributed by atoms with E-state index in [9.17, 15) is 0 Å². The molecule has 0 aliphatic rings. The second-order valence-corrected chi connectivity index (χ2v) is 3.44. The summed E-state index contributed by atoms with van der Waals surface area (Å²) in [6.07, 6.45) is 2.76. The van der Waals surface area contributed by atoms with Crippen LogP contribution in [0.15, 0.2) is 46.9 Å². The first-order chi connectivity index (χ1) is 7.76. The molecule has 0 spiro atoms. The zero-order valence-electron chi connectivity index (χ0n) is 10.2. The Morgan fingerprint density at radius 2 is 2.06 bits per heavy atom. The molecule has 0 aliphatic heterocycles. The van der Waals surface area contributed by atoms with Crippen molar-refractivity contribution in [2.24, 2.45) is 9.98 Å². The number of aryl methyl sites for hydroxylation is 1. The first kappa shape index (κ1) is 12.4. The van der Waals surface area contributed by atoms with Gasteiger partial charge in [-0.2, -0.15) is 0 Å². The van der Waals surface area contributed by atoms with Gasteiger partial charge in [0.25, 0.3) is 0 Å². The van der Waals surface area contributed by atoms with Crippen LogP contribution in [0.1, 0.15) is 18.1 Å². The molecule has 0 fully saturated rings. The normalized spacial score (nSPS) is 12.7. The second-order valence-electron chi connectivity index (χ2n) is 3.44. The summed E-state index contributed by atoms with van der Waals surface area (Å²) in [6, 6.07) is 8.37. The molecule has 0 amide bonds. The fourth-order valence-electron chi connectivity index (χ4n) is 1.62. The summed E-state index contributed by atoms with van der Waals surface area (Å²) in [5.41, 5.74) is 4.13. The largest absolute Gasteiger partial charge is 0.286 e. The summed E-state index contributed by atoms with van der Waals surface area (Å²) in [6.45, 7) is 5.90. The SMILES string of the molecule is C=CC(=NC)C(=NC)c1cccc(CC)c1. The average Bonchev–Trinajstić information content (AvgIpc) is 2.35. The lowest BCUT2D eigenvalue weighted by Gasteiger charge is -2.07. The van der Waals surface area contributed by atoms with Crippen molar-refractivity contribution < 1.29 is 0 Å². The van der Waals surface area contributed by atoms with Gasteiger partial charge < -0.3 is 0 Å². The summed E-state index contributed by atoms with van der Waals surface area (Å²) in [5.74, 6) is 0. The van der Waals surface area contributed by atoms with E-state index in [1.54, 1.807) is 20.2 Å². The predicted molar refractivity (Wildman–Crippen MR) is 71.8 cm³/mol. The monoisotopic (exact) mass is 214 g/mol. The highest BCUT2D eigenvalue weighted by Crippen LogP contribution is 2.09. The highest BCUT2D eigenvalue weighted by atomic mass is 14.8. The van der Waals surface area contributed by atoms with Crippen LogP contribution in [0.3, 0.4) is 0 Å². The van der Waals surface area contributed by atoms with Gasteiger partial charge in [0.05, 0.1) is 11.4 Å². The van der Waals surface area contributed by atoms with Gasteiger partial charge in [-0.3, -0.25) is 9.98 Å². The topological polar surface area (TPSA) is 24.7 Å². The molecule has 0 radical (unpaired) electrons. The summed E-state index contributed by atoms with van der Waals surface area (Å²) in [7, 11) is 3.54. The fraction of sp³-hybridized carbons (Fsp3) is 0.286. The third-order valence-electron chi connectivity index (χ3n) is 2.51. The molecule has 0 heterocycles. The van der Waals surface area contributed by atoms with Gasteiger partial charge in [-0.25, -0.2) is 0 Å². The van der Waals surface area contributed by atoms with Gasteiger partial charge in [0.2, 0.25) is 0 Å². The van der Waals surface area contributed by atoms with E-state index in [2.05, 4.69) is 47.8 Å². The molecule has 0 N–H and O–H groups in total. The number of rotatable bonds is 4. The number of allylic oxidation sites excluding steroid dienone is 1. The van der Waals surface area contributed by atoms with Crippen molar-refractivity contribution in [3.05, 3.63) is 48.0 Å². The van der Waals surface area contributed by atoms with E-state index in [-0.39, 0.29) is 0 Å². The Balaban J connectivity index is 3.19. The van der Waals surface area contributed by atoms with Crippen LogP contribution in [0.4, 0.5) is 0 Å². The van der Waals surface area contributed by atoms with E-state index in [1.165, 1.54) is 5.56 Å². The molecule has 1 aromatic rings. The van der Waals surface area contributed by atoms with E-state index in [0.717, 1.165) is 23.4 Å². The van der Waals surface area contributed by atoms with Gasteiger partial charge in [-0.15, -0.1) is 0 Å². The number of hydrogen-bond donors (Lipinski definition) is 0. The van der Waals surface area contributed by atoms with Crippen LogP contribution in [0, 0.1) is 0 Å². The van der Waals surface area contributed by atoms with Crippen LogP contribution in [0.2, 0.25) is 0 Å². The lowest BCUT2D eigenvalue weighted by molar-refractivity contribution is 1.14. The molecular formula is C14H18N2. The minimum Gasteiger partial charge on any atom is -0.286 e. The second kappa shape index (κ2) is 6.01. The van der Waals surface area contributed by atoms with E-state index in [1.807, 2.05) is 0 Å². The molecule has 2 nitrogen and oxygen atoms in total. The van der Waals surface area contributed by atoms with E-state index >= 15 is 0 Å². The van der Waals surface area contributed by atoms with Crippen LogP contribution in [-0.4, -0.2) is 25.5 Å². The molecule has 2 heteroatoms. The van der Waals surface area contributed by atoms with Crippen molar-refractivity contribution in [3.8, 4) is 0 Å². The van der Waals surface area contributed by atoms with Gasteiger partial charge in [0.15, 0.2) is 0 Å². The number of benzene rings is 1. The van der Waals surface area contributed by atoms with Crippen molar-refractivity contribution in [3.63, 3.8) is 0 Å². The first-order valence-corrected chi connectivity index (χ1v) is 5.42. The molecule has 1 rings (SSSR count). The van der Waals surface area contributed by atoms with Crippen LogP contribution in [0.25, 0.3) is 0 Å². The fourth-order valence-corrected chi connectivity index (χ4v) is 1.62. The van der Waals surface area contributed by atoms with E-state index < -0.39 is 0 Å². The first-order valence-electron chi connectivity index (χ1n) is 5.42. The Labute approximate surface area is 97.5 Å². The lowest BCUT2D eigenvalue weighted by atomic mass is 10.0. The minimum absolute atomic E-state index is 0.829. The molecule has 0 atom stereocenters. The van der Waals surface area contributed by atoms with Crippen LogP contribution < -0.4 is 0 Å². The molecule has 0 unspecified atom stereocenters. The Kier molecular flexibility index (Phi) is 4.65. The maximum Gasteiger partial charge on any atom is 0.0894 e. The quantitative estimate of drug-likeness (QED) is 0.688. The van der Waals surface area contributed by atoms with Crippen molar-refractivity contribution in [2.45, 2.75) is 13.3 Å². The lowest BCUT2D eigenvalue weighted by Crippen LogP contribution is -2.13. The highest BCUT2D eigenvalue weighted by molar-refractivity contribution is 6.51. The Hall–Kier alpha value is -1.70. The molecule has 0 aliphatic carbocycles. The third kappa shape index (κ3) is 2.66. The molecule has 1 aromatic carbocycles. The Morgan fingerprint density at radius 3 is 2.56 bits per heavy atom. The van der Waals surface area contributed by atoms with Gasteiger partial charge in [-0.1, -0.05) is 31.7 Å². The zero-order chi connectivity index (χ0) is 12.0. The number of nitrogens with zero attached hydrogens (tertiary/aromatic N) is 2. The van der Waals surface area contributed by atoms with Gasteiger partial charge in [0.1, 0.15) is 0 Å². The summed E-state index contributed by atoms with van der Waals surface area (Å²) in [5, 5.41) is 0. The molecule has 0 bridgehead atoms. The third-order valence-corrected chi connectivity index (χ3v) is 2.51. The standard InChI is InChI=1S/C14H18N2/c1-5-11-8-7-9-12(10-11)14(16-4)13(6-2)15-3/h6-10H,2,5H2,1,3-4H3. The predicted octanol–water partition coefficient (Wildman–Crippen LogP) is 2.92. The van der Waals surface area contributed by atoms with Crippen LogP contribution >= 0.6 is 0 Å². The van der Waals surface area contributed by atoms with Crippen LogP contribution in [-0.2, 0) is 6.42 Å². The Bertz CT molecular complexity index is 428. The van der Waals surface area contributed by atoms with Crippen molar-refractivity contribution in [1.82, 2.24) is 0 Å². The van der Waals surface area contributed by atoms with Crippen molar-refractivity contribution >= 4 is 11.4 Å².